The van der Waals surface area contributed by atoms with Gasteiger partial charge in [0.05, 0.1) is 27.5 Å². The lowest BCUT2D eigenvalue weighted by Crippen LogP contribution is -2.37. The zero-order valence-electron chi connectivity index (χ0n) is 18.4. The summed E-state index contributed by atoms with van der Waals surface area (Å²) in [6.45, 7) is 1.47. The molecule has 1 aliphatic heterocycles. The van der Waals surface area contributed by atoms with Crippen LogP contribution in [-0.2, 0) is 11.4 Å². The number of nitrogens with zero attached hydrogens (tertiary/aromatic N) is 3. The van der Waals surface area contributed by atoms with Crippen LogP contribution in [0.3, 0.4) is 0 Å². The second-order valence-electron chi connectivity index (χ2n) is 7.95. The Hall–Kier alpha value is -3.88. The zero-order chi connectivity index (χ0) is 24.7. The van der Waals surface area contributed by atoms with Gasteiger partial charge in [0.1, 0.15) is 13.2 Å². The molecule has 0 unspecified atom stereocenters. The number of anilines is 1. The molecule has 10 heteroatoms. The molecule has 0 bridgehead atoms. The Balaban J connectivity index is 1.31. The van der Waals surface area contributed by atoms with Crippen LogP contribution in [0.2, 0.25) is 10.0 Å². The highest BCUT2D eigenvalue weighted by molar-refractivity contribution is 6.38. The van der Waals surface area contributed by atoms with Crippen molar-refractivity contribution in [2.75, 3.05) is 11.9 Å². The van der Waals surface area contributed by atoms with E-state index in [2.05, 4.69) is 10.3 Å². The van der Waals surface area contributed by atoms with Gasteiger partial charge in [-0.2, -0.15) is 0 Å². The minimum atomic E-state index is -0.576. The number of benzene rings is 2. The summed E-state index contributed by atoms with van der Waals surface area (Å²) in [4.78, 5) is 43.1. The van der Waals surface area contributed by atoms with E-state index in [-0.39, 0.29) is 28.4 Å². The summed E-state index contributed by atoms with van der Waals surface area (Å²) in [6.07, 6.45) is 3.75. The van der Waals surface area contributed by atoms with Crippen LogP contribution >= 0.6 is 23.2 Å². The van der Waals surface area contributed by atoms with Gasteiger partial charge in [-0.15, -0.1) is 0 Å². The van der Waals surface area contributed by atoms with Gasteiger partial charge in [-0.1, -0.05) is 35.3 Å². The number of hydrogen-bond acceptors (Lipinski definition) is 5. The summed E-state index contributed by atoms with van der Waals surface area (Å²) in [6, 6.07) is 13.2. The van der Waals surface area contributed by atoms with Crippen molar-refractivity contribution in [2.45, 2.75) is 13.5 Å². The fraction of sp³-hybridized carbons (Fsp3) is 0.120. The molecule has 0 aliphatic carbocycles. The van der Waals surface area contributed by atoms with Crippen molar-refractivity contribution in [3.05, 3.63) is 93.4 Å². The molecule has 1 N–H and O–H groups in total. The number of hydrogen-bond donors (Lipinski definition) is 1. The monoisotopic (exact) mass is 508 g/mol. The van der Waals surface area contributed by atoms with E-state index in [1.54, 1.807) is 42.5 Å². The van der Waals surface area contributed by atoms with Crippen molar-refractivity contribution < 1.29 is 19.1 Å². The molecule has 2 aromatic carbocycles. The molecule has 1 aliphatic rings. The minimum Gasteiger partial charge on any atom is -0.485 e. The van der Waals surface area contributed by atoms with Crippen LogP contribution in [-0.4, -0.2) is 38.6 Å². The largest absolute Gasteiger partial charge is 0.485 e. The maximum atomic E-state index is 12.7. The van der Waals surface area contributed by atoms with Crippen LogP contribution in [0.1, 0.15) is 32.0 Å². The van der Waals surface area contributed by atoms with Gasteiger partial charge >= 0.3 is 0 Å². The first-order valence-corrected chi connectivity index (χ1v) is 11.4. The van der Waals surface area contributed by atoms with Crippen LogP contribution in [0.25, 0.3) is 5.65 Å². The number of carbonyl (C=O) groups is 3. The van der Waals surface area contributed by atoms with Crippen LogP contribution in [0.4, 0.5) is 5.69 Å². The molecular weight excluding hydrogens is 491 g/mol. The molecule has 0 radical (unpaired) electrons. The number of imide groups is 1. The van der Waals surface area contributed by atoms with Gasteiger partial charge in [0.25, 0.3) is 11.8 Å². The van der Waals surface area contributed by atoms with Crippen LogP contribution < -0.4 is 10.1 Å². The number of rotatable bonds is 6. The first-order chi connectivity index (χ1) is 16.8. The third-order valence-electron chi connectivity index (χ3n) is 5.58. The van der Waals surface area contributed by atoms with Gasteiger partial charge in [-0.3, -0.25) is 19.3 Å². The number of aromatic nitrogens is 2. The Kier molecular flexibility index (Phi) is 5.92. The van der Waals surface area contributed by atoms with Crippen molar-refractivity contribution in [2.24, 2.45) is 0 Å². The topological polar surface area (TPSA) is 93.0 Å². The fourth-order valence-electron chi connectivity index (χ4n) is 3.91. The van der Waals surface area contributed by atoms with Gasteiger partial charge in [0.15, 0.2) is 11.4 Å². The summed E-state index contributed by atoms with van der Waals surface area (Å²) < 4.78 is 7.80. The maximum Gasteiger partial charge on any atom is 0.262 e. The first kappa shape index (κ1) is 22.9. The smallest absolute Gasteiger partial charge is 0.262 e. The molecule has 4 aromatic rings. The van der Waals surface area contributed by atoms with Crippen molar-refractivity contribution in [3.63, 3.8) is 0 Å². The number of aryl methyl sites for hydroxylation is 1. The summed E-state index contributed by atoms with van der Waals surface area (Å²) in [5, 5.41) is 3.21. The summed E-state index contributed by atoms with van der Waals surface area (Å²) in [5.41, 5.74) is 2.81. The number of pyridine rings is 1. The highest BCUT2D eigenvalue weighted by Gasteiger charge is 2.36. The van der Waals surface area contributed by atoms with Crippen LogP contribution in [0.15, 0.2) is 60.9 Å². The molecule has 5 rings (SSSR count). The van der Waals surface area contributed by atoms with Crippen molar-refractivity contribution in [3.8, 4) is 5.75 Å². The van der Waals surface area contributed by atoms with E-state index in [1.165, 1.54) is 0 Å². The highest BCUT2D eigenvalue weighted by atomic mass is 35.5. The second-order valence-corrected chi connectivity index (χ2v) is 8.74. The molecule has 35 heavy (non-hydrogen) atoms. The predicted octanol–water partition coefficient (Wildman–Crippen LogP) is 4.76. The molecule has 2 aromatic heterocycles. The van der Waals surface area contributed by atoms with E-state index in [1.807, 2.05) is 29.8 Å². The number of fused-ring (bicyclic) bond motifs is 2. The quantitative estimate of drug-likeness (QED) is 0.379. The van der Waals surface area contributed by atoms with Crippen LogP contribution in [0.5, 0.6) is 5.75 Å². The lowest BCUT2D eigenvalue weighted by Gasteiger charge is -2.16. The van der Waals surface area contributed by atoms with Crippen molar-refractivity contribution in [1.29, 1.82) is 0 Å². The van der Waals surface area contributed by atoms with E-state index >= 15 is 0 Å². The molecular formula is C25H18Cl2N4O4. The maximum absolute atomic E-state index is 12.7. The predicted molar refractivity (Wildman–Crippen MR) is 131 cm³/mol. The van der Waals surface area contributed by atoms with E-state index in [0.717, 1.165) is 10.6 Å². The minimum absolute atomic E-state index is 0.0331. The number of amides is 3. The summed E-state index contributed by atoms with van der Waals surface area (Å²) in [7, 11) is 0. The van der Waals surface area contributed by atoms with Gasteiger partial charge in [0, 0.05) is 23.0 Å². The Morgan fingerprint density at radius 3 is 2.46 bits per heavy atom. The highest BCUT2D eigenvalue weighted by Crippen LogP contribution is 2.33. The molecule has 8 nitrogen and oxygen atoms in total. The molecule has 3 amide bonds. The van der Waals surface area contributed by atoms with Crippen molar-refractivity contribution >= 4 is 52.3 Å². The number of nitrogens with one attached hydrogen (secondary N) is 1. The zero-order valence-corrected chi connectivity index (χ0v) is 19.9. The third kappa shape index (κ3) is 4.22. The van der Waals surface area contributed by atoms with Crippen LogP contribution in [0, 0.1) is 6.92 Å². The molecule has 0 spiro atoms. The van der Waals surface area contributed by atoms with Gasteiger partial charge in [0.2, 0.25) is 5.91 Å². The van der Waals surface area contributed by atoms with E-state index in [0.29, 0.717) is 22.0 Å². The fourth-order valence-corrected chi connectivity index (χ4v) is 4.44. The molecule has 0 atom stereocenters. The molecule has 0 fully saturated rings. The molecule has 176 valence electrons. The molecule has 0 saturated carbocycles. The Labute approximate surface area is 210 Å². The summed E-state index contributed by atoms with van der Waals surface area (Å²) >= 11 is 12.9. The van der Waals surface area contributed by atoms with Crippen molar-refractivity contribution in [1.82, 2.24) is 14.3 Å². The number of halogens is 2. The van der Waals surface area contributed by atoms with Gasteiger partial charge in [-0.05, 0) is 43.3 Å². The third-order valence-corrected chi connectivity index (χ3v) is 6.37. The lowest BCUT2D eigenvalue weighted by atomic mass is 10.1. The lowest BCUT2D eigenvalue weighted by molar-refractivity contribution is -0.116. The standard InChI is InChI=1S/C25H18Cl2N4O4/c1-14-11-30-10-4-7-20(23(30)28-14)35-13-17-18(26)8-9-19(22(17)27)29-21(32)12-31-24(33)15-5-2-3-6-16(15)25(31)34/h2-11H,12-13H2,1H3,(H,29,32). The Morgan fingerprint density at radius 2 is 1.74 bits per heavy atom. The molecule has 0 saturated heterocycles. The molecule has 3 heterocycles. The average Bonchev–Trinajstić information content (AvgIpc) is 3.34. The summed E-state index contributed by atoms with van der Waals surface area (Å²) in [5.74, 6) is -1.05. The SMILES string of the molecule is Cc1cn2cccc(OCc3c(Cl)ccc(NC(=O)CN4C(=O)c5ccccc5C4=O)c3Cl)c2n1. The second kappa shape index (κ2) is 9.05. The normalized spacial score (nSPS) is 12.8. The number of imidazole rings is 1. The number of ether oxygens (including phenoxy) is 1. The van der Waals surface area contributed by atoms with Gasteiger partial charge < -0.3 is 14.5 Å². The Bertz CT molecular complexity index is 1480. The van der Waals surface area contributed by atoms with Gasteiger partial charge in [-0.25, -0.2) is 4.98 Å². The first-order valence-electron chi connectivity index (χ1n) is 10.6. The van der Waals surface area contributed by atoms with E-state index in [9.17, 15) is 14.4 Å². The average molecular weight is 509 g/mol. The Morgan fingerprint density at radius 1 is 1.03 bits per heavy atom. The van der Waals surface area contributed by atoms with E-state index in [4.69, 9.17) is 27.9 Å². The van der Waals surface area contributed by atoms with E-state index < -0.39 is 24.3 Å². The number of carbonyl (C=O) groups excluding carboxylic acids is 3.